The number of carbonyl (C=O) groups excluding carboxylic acids is 1. The van der Waals surface area contributed by atoms with E-state index in [1.807, 2.05) is 0 Å². The molecule has 0 aromatic carbocycles. The number of ether oxygens (including phenoxy) is 1. The highest BCUT2D eigenvalue weighted by Gasteiger charge is 2.34. The Hall–Kier alpha value is -1.58. The molecule has 2 atom stereocenters. The smallest absolute Gasteiger partial charge is 0.270 e. The molecule has 2 rings (SSSR count). The van der Waals surface area contributed by atoms with Crippen LogP contribution in [0.5, 0.6) is 0 Å². The summed E-state index contributed by atoms with van der Waals surface area (Å²) in [6, 6.07) is 1.25. The summed E-state index contributed by atoms with van der Waals surface area (Å²) in [5.41, 5.74) is 0.980. The lowest BCUT2D eigenvalue weighted by molar-refractivity contribution is 0.0920. The first-order chi connectivity index (χ1) is 10.7. The van der Waals surface area contributed by atoms with Gasteiger partial charge in [0.2, 0.25) is 10.0 Å². The average Bonchev–Trinajstić information content (AvgIpc) is 2.84. The summed E-state index contributed by atoms with van der Waals surface area (Å²) in [4.78, 5) is 20.6. The Labute approximate surface area is 136 Å². The molecule has 0 radical (unpaired) electrons. The monoisotopic (exact) mass is 342 g/mol. The van der Waals surface area contributed by atoms with Gasteiger partial charge in [-0.1, -0.05) is 0 Å². The fourth-order valence-electron chi connectivity index (χ4n) is 2.42. The first-order valence-electron chi connectivity index (χ1n) is 7.30. The molecule has 0 bridgehead atoms. The van der Waals surface area contributed by atoms with Crippen LogP contribution < -0.4 is 5.32 Å². The van der Waals surface area contributed by atoms with Crippen molar-refractivity contribution in [1.82, 2.24) is 19.6 Å². The Kier molecular flexibility index (Phi) is 5.33. The molecule has 128 valence electrons. The maximum absolute atomic E-state index is 12.3. The van der Waals surface area contributed by atoms with Gasteiger partial charge in [-0.15, -0.1) is 0 Å². The van der Waals surface area contributed by atoms with Crippen LogP contribution in [0.2, 0.25) is 0 Å². The molecule has 1 aliphatic heterocycles. The van der Waals surface area contributed by atoms with Crippen LogP contribution in [-0.2, 0) is 14.8 Å². The number of aromatic nitrogens is 2. The zero-order valence-electron chi connectivity index (χ0n) is 13.7. The van der Waals surface area contributed by atoms with Gasteiger partial charge in [0, 0.05) is 25.7 Å². The lowest BCUT2D eigenvalue weighted by Gasteiger charge is -2.21. The van der Waals surface area contributed by atoms with Crippen molar-refractivity contribution in [2.75, 3.05) is 33.1 Å². The van der Waals surface area contributed by atoms with Crippen molar-refractivity contribution in [3.05, 3.63) is 23.3 Å². The SMILES string of the molecule is Cc1cc(C(=O)N[C@@H]2COC[C@H]2CS(=O)(=O)N(C)C)nc(C)n1. The number of carbonyl (C=O) groups is 1. The van der Waals surface area contributed by atoms with Gasteiger partial charge in [0.1, 0.15) is 11.5 Å². The number of amides is 1. The van der Waals surface area contributed by atoms with Crippen LogP contribution in [0.4, 0.5) is 0 Å². The van der Waals surface area contributed by atoms with Gasteiger partial charge in [-0.3, -0.25) is 4.79 Å². The maximum Gasteiger partial charge on any atom is 0.270 e. The summed E-state index contributed by atoms with van der Waals surface area (Å²) in [6.07, 6.45) is 0. The zero-order valence-corrected chi connectivity index (χ0v) is 14.6. The quantitative estimate of drug-likeness (QED) is 0.790. The molecule has 1 amide bonds. The molecular formula is C14H22N4O4S. The first-order valence-corrected chi connectivity index (χ1v) is 8.91. The van der Waals surface area contributed by atoms with E-state index < -0.39 is 10.0 Å². The van der Waals surface area contributed by atoms with E-state index in [9.17, 15) is 13.2 Å². The van der Waals surface area contributed by atoms with Crippen LogP contribution >= 0.6 is 0 Å². The molecule has 1 aromatic heterocycles. The van der Waals surface area contributed by atoms with E-state index in [4.69, 9.17) is 4.74 Å². The van der Waals surface area contributed by atoms with Crippen LogP contribution in [0.25, 0.3) is 0 Å². The van der Waals surface area contributed by atoms with Gasteiger partial charge in [0.25, 0.3) is 5.91 Å². The number of nitrogens with one attached hydrogen (secondary N) is 1. The number of nitrogens with zero attached hydrogens (tertiary/aromatic N) is 3. The highest BCUT2D eigenvalue weighted by molar-refractivity contribution is 7.89. The minimum absolute atomic E-state index is 0.0627. The topological polar surface area (TPSA) is 101 Å². The summed E-state index contributed by atoms with van der Waals surface area (Å²) in [7, 11) is -0.370. The van der Waals surface area contributed by atoms with E-state index in [1.54, 1.807) is 19.9 Å². The standard InChI is InChI=1S/C14H22N4O4S/c1-9-5-12(16-10(2)15-9)14(19)17-13-7-22-6-11(13)8-23(20,21)18(3)4/h5,11,13H,6-8H2,1-4H3,(H,17,19)/t11-,13+/m0/s1. The van der Waals surface area contributed by atoms with Crippen molar-refractivity contribution < 1.29 is 17.9 Å². The molecule has 1 fully saturated rings. The fraction of sp³-hybridized carbons (Fsp3) is 0.643. The Morgan fingerprint density at radius 2 is 2.04 bits per heavy atom. The van der Waals surface area contributed by atoms with Crippen LogP contribution in [-0.4, -0.2) is 67.7 Å². The predicted molar refractivity (Wildman–Crippen MR) is 84.5 cm³/mol. The molecule has 0 spiro atoms. The maximum atomic E-state index is 12.3. The second-order valence-electron chi connectivity index (χ2n) is 5.88. The highest BCUT2D eigenvalue weighted by atomic mass is 32.2. The van der Waals surface area contributed by atoms with E-state index in [-0.39, 0.29) is 29.3 Å². The molecule has 1 aliphatic rings. The van der Waals surface area contributed by atoms with Gasteiger partial charge in [0.05, 0.1) is 25.0 Å². The molecule has 0 unspecified atom stereocenters. The largest absolute Gasteiger partial charge is 0.379 e. The minimum atomic E-state index is -3.35. The van der Waals surface area contributed by atoms with E-state index in [2.05, 4.69) is 15.3 Å². The predicted octanol–water partition coefficient (Wildman–Crippen LogP) is -0.270. The average molecular weight is 342 g/mol. The third kappa shape index (κ3) is 4.46. The number of rotatable bonds is 5. The molecular weight excluding hydrogens is 320 g/mol. The third-order valence-corrected chi connectivity index (χ3v) is 5.66. The molecule has 1 aromatic rings. The normalized spacial score (nSPS) is 21.6. The highest BCUT2D eigenvalue weighted by Crippen LogP contribution is 2.17. The number of aryl methyl sites for hydroxylation is 2. The van der Waals surface area contributed by atoms with Crippen molar-refractivity contribution >= 4 is 15.9 Å². The molecule has 9 heteroatoms. The summed E-state index contributed by atoms with van der Waals surface area (Å²) in [5, 5.41) is 2.82. The second kappa shape index (κ2) is 6.90. The first kappa shape index (κ1) is 17.8. The molecule has 1 N–H and O–H groups in total. The van der Waals surface area contributed by atoms with Crippen molar-refractivity contribution in [2.24, 2.45) is 5.92 Å². The summed E-state index contributed by atoms with van der Waals surface area (Å²) < 4.78 is 30.6. The Balaban J connectivity index is 2.07. The van der Waals surface area contributed by atoms with E-state index in [0.29, 0.717) is 24.7 Å². The van der Waals surface area contributed by atoms with Crippen molar-refractivity contribution in [3.8, 4) is 0 Å². The van der Waals surface area contributed by atoms with E-state index >= 15 is 0 Å². The number of hydrogen-bond donors (Lipinski definition) is 1. The second-order valence-corrected chi connectivity index (χ2v) is 8.11. The lowest BCUT2D eigenvalue weighted by atomic mass is 10.1. The van der Waals surface area contributed by atoms with Crippen LogP contribution in [0, 0.1) is 19.8 Å². The van der Waals surface area contributed by atoms with Gasteiger partial charge in [0.15, 0.2) is 0 Å². The Morgan fingerprint density at radius 3 is 2.65 bits per heavy atom. The molecule has 23 heavy (non-hydrogen) atoms. The van der Waals surface area contributed by atoms with Gasteiger partial charge in [-0.05, 0) is 19.9 Å². The van der Waals surface area contributed by atoms with Crippen molar-refractivity contribution in [2.45, 2.75) is 19.9 Å². The molecule has 2 heterocycles. The number of sulfonamides is 1. The van der Waals surface area contributed by atoms with Gasteiger partial charge < -0.3 is 10.1 Å². The summed E-state index contributed by atoms with van der Waals surface area (Å²) in [6.45, 7) is 4.10. The number of hydrogen-bond acceptors (Lipinski definition) is 6. The third-order valence-electron chi connectivity index (χ3n) is 3.69. The zero-order chi connectivity index (χ0) is 17.2. The summed E-state index contributed by atoms with van der Waals surface area (Å²) >= 11 is 0. The minimum Gasteiger partial charge on any atom is -0.379 e. The Bertz CT molecular complexity index is 670. The molecule has 1 saturated heterocycles. The van der Waals surface area contributed by atoms with Crippen molar-refractivity contribution in [3.63, 3.8) is 0 Å². The molecule has 0 aliphatic carbocycles. The van der Waals surface area contributed by atoms with E-state index in [1.165, 1.54) is 18.4 Å². The van der Waals surface area contributed by atoms with Gasteiger partial charge in [-0.25, -0.2) is 22.7 Å². The Morgan fingerprint density at radius 1 is 1.35 bits per heavy atom. The summed E-state index contributed by atoms with van der Waals surface area (Å²) in [5.74, 6) is -0.173. The van der Waals surface area contributed by atoms with Crippen molar-refractivity contribution in [1.29, 1.82) is 0 Å². The lowest BCUT2D eigenvalue weighted by Crippen LogP contribution is -2.43. The van der Waals surface area contributed by atoms with Crippen LogP contribution in [0.15, 0.2) is 6.07 Å². The fourth-order valence-corrected chi connectivity index (χ4v) is 3.59. The molecule has 0 saturated carbocycles. The van der Waals surface area contributed by atoms with Crippen LogP contribution in [0.1, 0.15) is 22.0 Å². The van der Waals surface area contributed by atoms with Gasteiger partial charge >= 0.3 is 0 Å². The van der Waals surface area contributed by atoms with Gasteiger partial charge in [-0.2, -0.15) is 0 Å². The van der Waals surface area contributed by atoms with E-state index in [0.717, 1.165) is 0 Å². The molecule has 8 nitrogen and oxygen atoms in total. The van der Waals surface area contributed by atoms with Crippen LogP contribution in [0.3, 0.4) is 0 Å².